The van der Waals surface area contributed by atoms with Gasteiger partial charge in [-0.3, -0.25) is 5.32 Å². The molecular formula is C23H21NO4. The largest absolute Gasteiger partial charge is 0.508 e. The van der Waals surface area contributed by atoms with E-state index in [0.29, 0.717) is 11.3 Å². The van der Waals surface area contributed by atoms with Crippen molar-refractivity contribution in [2.45, 2.75) is 18.2 Å². The molecule has 1 aliphatic rings. The lowest BCUT2D eigenvalue weighted by molar-refractivity contribution is -0.161. The van der Waals surface area contributed by atoms with Crippen LogP contribution in [0, 0.1) is 0 Å². The minimum atomic E-state index is -0.805. The lowest BCUT2D eigenvalue weighted by atomic mass is 9.91. The summed E-state index contributed by atoms with van der Waals surface area (Å²) >= 11 is 0. The highest BCUT2D eigenvalue weighted by atomic mass is 16.5. The van der Waals surface area contributed by atoms with Crippen LogP contribution < -0.4 is 10.1 Å². The van der Waals surface area contributed by atoms with E-state index in [1.54, 1.807) is 19.2 Å². The predicted octanol–water partition coefficient (Wildman–Crippen LogP) is 4.07. The van der Waals surface area contributed by atoms with Crippen molar-refractivity contribution in [1.82, 2.24) is 5.32 Å². The van der Waals surface area contributed by atoms with E-state index in [4.69, 9.17) is 9.47 Å². The molecule has 0 aromatic heterocycles. The van der Waals surface area contributed by atoms with Crippen molar-refractivity contribution in [2.24, 2.45) is 0 Å². The first-order valence-corrected chi connectivity index (χ1v) is 9.10. The van der Waals surface area contributed by atoms with Gasteiger partial charge in [-0.05, 0) is 29.3 Å². The summed E-state index contributed by atoms with van der Waals surface area (Å²) in [7, 11) is 1.54. The number of rotatable bonds is 4. The molecule has 1 aliphatic heterocycles. The first-order valence-electron chi connectivity index (χ1n) is 9.10. The SMILES string of the molecule is COc1ccc(O)c(C2NC(c3ccccc3)C(c3ccccc3)OC2=O)c1. The van der Waals surface area contributed by atoms with Crippen LogP contribution in [0.4, 0.5) is 0 Å². The van der Waals surface area contributed by atoms with Crippen LogP contribution in [0.25, 0.3) is 0 Å². The zero-order valence-electron chi connectivity index (χ0n) is 15.4. The average Bonchev–Trinajstić information content (AvgIpc) is 2.75. The molecule has 3 aromatic carbocycles. The summed E-state index contributed by atoms with van der Waals surface area (Å²) in [5, 5.41) is 13.7. The molecular weight excluding hydrogens is 354 g/mol. The number of carbonyl (C=O) groups is 1. The molecule has 5 heteroatoms. The molecule has 0 bridgehead atoms. The third-order valence-electron chi connectivity index (χ3n) is 4.96. The zero-order chi connectivity index (χ0) is 19.5. The Hall–Kier alpha value is -3.31. The summed E-state index contributed by atoms with van der Waals surface area (Å²) in [5.41, 5.74) is 2.33. The number of hydrogen-bond donors (Lipinski definition) is 2. The van der Waals surface area contributed by atoms with E-state index in [1.807, 2.05) is 60.7 Å². The molecule has 4 rings (SSSR count). The van der Waals surface area contributed by atoms with E-state index in [9.17, 15) is 9.90 Å². The Morgan fingerprint density at radius 1 is 0.929 bits per heavy atom. The van der Waals surface area contributed by atoms with Gasteiger partial charge in [-0.25, -0.2) is 4.79 Å². The van der Waals surface area contributed by atoms with Crippen molar-refractivity contribution in [3.8, 4) is 11.5 Å². The highest BCUT2D eigenvalue weighted by Gasteiger charge is 2.40. The van der Waals surface area contributed by atoms with Crippen LogP contribution in [0.1, 0.15) is 34.9 Å². The smallest absolute Gasteiger partial charge is 0.328 e. The summed E-state index contributed by atoms with van der Waals surface area (Å²) in [6.45, 7) is 0. The molecule has 0 radical (unpaired) electrons. The molecule has 5 nitrogen and oxygen atoms in total. The summed E-state index contributed by atoms with van der Waals surface area (Å²) < 4.78 is 11.1. The lowest BCUT2D eigenvalue weighted by Gasteiger charge is -2.37. The van der Waals surface area contributed by atoms with Crippen molar-refractivity contribution < 1.29 is 19.4 Å². The van der Waals surface area contributed by atoms with E-state index in [0.717, 1.165) is 11.1 Å². The number of morpholine rings is 1. The van der Waals surface area contributed by atoms with Gasteiger partial charge in [-0.15, -0.1) is 0 Å². The third-order valence-corrected chi connectivity index (χ3v) is 4.96. The molecule has 2 N–H and O–H groups in total. The van der Waals surface area contributed by atoms with Crippen LogP contribution >= 0.6 is 0 Å². The Morgan fingerprint density at radius 3 is 2.21 bits per heavy atom. The molecule has 1 fully saturated rings. The van der Waals surface area contributed by atoms with Crippen LogP contribution in [0.2, 0.25) is 0 Å². The minimum absolute atomic E-state index is 0.0141. The quantitative estimate of drug-likeness (QED) is 0.673. The third kappa shape index (κ3) is 3.44. The van der Waals surface area contributed by atoms with E-state index in [1.165, 1.54) is 6.07 Å². The molecule has 0 aliphatic carbocycles. The molecule has 3 atom stereocenters. The van der Waals surface area contributed by atoms with E-state index in [2.05, 4.69) is 5.32 Å². The monoisotopic (exact) mass is 375 g/mol. The molecule has 3 unspecified atom stereocenters. The minimum Gasteiger partial charge on any atom is -0.508 e. The van der Waals surface area contributed by atoms with Crippen LogP contribution in [-0.2, 0) is 9.53 Å². The molecule has 1 saturated heterocycles. The second kappa shape index (κ2) is 7.74. The number of phenols is 1. The number of phenolic OH excluding ortho intramolecular Hbond substituents is 1. The highest BCUT2D eigenvalue weighted by molar-refractivity contribution is 5.80. The highest BCUT2D eigenvalue weighted by Crippen LogP contribution is 2.41. The van der Waals surface area contributed by atoms with Crippen molar-refractivity contribution in [1.29, 1.82) is 0 Å². The van der Waals surface area contributed by atoms with Gasteiger partial charge >= 0.3 is 5.97 Å². The molecule has 0 amide bonds. The van der Waals surface area contributed by atoms with Crippen LogP contribution in [0.3, 0.4) is 0 Å². The van der Waals surface area contributed by atoms with Gasteiger partial charge in [0.05, 0.1) is 13.2 Å². The number of aromatic hydroxyl groups is 1. The average molecular weight is 375 g/mol. The lowest BCUT2D eigenvalue weighted by Crippen LogP contribution is -2.43. The Kier molecular flexibility index (Phi) is 5.00. The standard InChI is InChI=1S/C23H21NO4/c1-27-17-12-13-19(25)18(14-17)21-23(26)28-22(16-10-6-3-7-11-16)20(24-21)15-8-4-2-5-9-15/h2-14,20-22,24-25H,1H3. The number of ether oxygens (including phenoxy) is 2. The second-order valence-corrected chi connectivity index (χ2v) is 6.68. The van der Waals surface area contributed by atoms with Gasteiger partial charge < -0.3 is 14.6 Å². The molecule has 0 spiro atoms. The number of methoxy groups -OCH3 is 1. The van der Waals surface area contributed by atoms with E-state index < -0.39 is 18.1 Å². The number of carbonyl (C=O) groups excluding carboxylic acids is 1. The maximum Gasteiger partial charge on any atom is 0.328 e. The van der Waals surface area contributed by atoms with Gasteiger partial charge in [0.15, 0.2) is 0 Å². The maximum absolute atomic E-state index is 12.9. The van der Waals surface area contributed by atoms with Crippen LogP contribution in [0.15, 0.2) is 78.9 Å². The van der Waals surface area contributed by atoms with Gasteiger partial charge in [-0.1, -0.05) is 60.7 Å². The fraction of sp³-hybridized carbons (Fsp3) is 0.174. The van der Waals surface area contributed by atoms with Crippen molar-refractivity contribution in [2.75, 3.05) is 7.11 Å². The molecule has 28 heavy (non-hydrogen) atoms. The number of cyclic esters (lactones) is 1. The number of nitrogens with one attached hydrogen (secondary N) is 1. The molecule has 3 aromatic rings. The fourth-order valence-corrected chi connectivity index (χ4v) is 3.54. The Labute approximate surface area is 163 Å². The van der Waals surface area contributed by atoms with Gasteiger partial charge in [0.1, 0.15) is 23.6 Å². The van der Waals surface area contributed by atoms with Gasteiger partial charge in [0, 0.05) is 5.56 Å². The molecule has 1 heterocycles. The first kappa shape index (κ1) is 18.1. The normalized spacial score (nSPS) is 21.8. The summed E-state index contributed by atoms with van der Waals surface area (Å²) in [4.78, 5) is 12.9. The number of hydrogen-bond acceptors (Lipinski definition) is 5. The number of esters is 1. The Balaban J connectivity index is 1.75. The van der Waals surface area contributed by atoms with E-state index in [-0.39, 0.29) is 11.8 Å². The van der Waals surface area contributed by atoms with Crippen LogP contribution in [0.5, 0.6) is 11.5 Å². The number of benzene rings is 3. The summed E-state index contributed by atoms with van der Waals surface area (Å²) in [6, 6.07) is 23.2. The Morgan fingerprint density at radius 2 is 1.57 bits per heavy atom. The van der Waals surface area contributed by atoms with Crippen molar-refractivity contribution in [3.05, 3.63) is 95.6 Å². The summed E-state index contributed by atoms with van der Waals surface area (Å²) in [6.07, 6.45) is -0.472. The molecule has 142 valence electrons. The van der Waals surface area contributed by atoms with Gasteiger partial charge in [0.2, 0.25) is 0 Å². The van der Waals surface area contributed by atoms with Gasteiger partial charge in [-0.2, -0.15) is 0 Å². The predicted molar refractivity (Wildman–Crippen MR) is 105 cm³/mol. The Bertz CT molecular complexity index is 959. The van der Waals surface area contributed by atoms with E-state index >= 15 is 0 Å². The zero-order valence-corrected chi connectivity index (χ0v) is 15.4. The summed E-state index contributed by atoms with van der Waals surface area (Å²) in [5.74, 6) is 0.133. The maximum atomic E-state index is 12.9. The van der Waals surface area contributed by atoms with Gasteiger partial charge in [0.25, 0.3) is 0 Å². The van der Waals surface area contributed by atoms with Crippen molar-refractivity contribution >= 4 is 5.97 Å². The topological polar surface area (TPSA) is 67.8 Å². The first-order chi connectivity index (χ1) is 13.7. The van der Waals surface area contributed by atoms with Crippen molar-refractivity contribution in [3.63, 3.8) is 0 Å². The second-order valence-electron chi connectivity index (χ2n) is 6.68. The fourth-order valence-electron chi connectivity index (χ4n) is 3.54. The molecule has 0 saturated carbocycles. The van der Waals surface area contributed by atoms with Crippen LogP contribution in [-0.4, -0.2) is 18.2 Å².